The molecule has 0 aliphatic carbocycles. The summed E-state index contributed by atoms with van der Waals surface area (Å²) in [5.41, 5.74) is 1.92. The molecule has 2 aromatic carbocycles. The average molecular weight is 287 g/mol. The lowest BCUT2D eigenvalue weighted by molar-refractivity contribution is 0.429. The quantitative estimate of drug-likeness (QED) is 0.747. The van der Waals surface area contributed by atoms with E-state index in [1.807, 2.05) is 30.3 Å². The fraction of sp³-hybridized carbons (Fsp3) is 0.333. The van der Waals surface area contributed by atoms with Crippen molar-refractivity contribution >= 4 is 0 Å². The van der Waals surface area contributed by atoms with Gasteiger partial charge in [-0.3, -0.25) is 0 Å². The van der Waals surface area contributed by atoms with Crippen LogP contribution in [0.5, 0.6) is 11.5 Å². The van der Waals surface area contributed by atoms with E-state index in [1.165, 1.54) is 6.07 Å². The Morgan fingerprint density at radius 2 is 1.76 bits per heavy atom. The van der Waals surface area contributed by atoms with Crippen molar-refractivity contribution < 1.29 is 9.13 Å². The highest BCUT2D eigenvalue weighted by atomic mass is 19.1. The maximum atomic E-state index is 14.1. The van der Waals surface area contributed by atoms with Gasteiger partial charge >= 0.3 is 0 Å². The second kappa shape index (κ2) is 7.79. The predicted octanol–water partition coefficient (Wildman–Crippen LogP) is 4.68. The largest absolute Gasteiger partial charge is 0.454 e. The van der Waals surface area contributed by atoms with Gasteiger partial charge in [0.05, 0.1) is 0 Å². The van der Waals surface area contributed by atoms with Crippen LogP contribution in [0, 0.1) is 5.82 Å². The van der Waals surface area contributed by atoms with Crippen molar-refractivity contribution in [3.63, 3.8) is 0 Å². The van der Waals surface area contributed by atoms with Crippen molar-refractivity contribution in [2.24, 2.45) is 0 Å². The van der Waals surface area contributed by atoms with Crippen LogP contribution in [0.4, 0.5) is 4.39 Å². The van der Waals surface area contributed by atoms with E-state index in [-0.39, 0.29) is 5.82 Å². The minimum Gasteiger partial charge on any atom is -0.454 e. The minimum absolute atomic E-state index is 0.321. The molecule has 0 saturated heterocycles. The second-order valence-electron chi connectivity index (χ2n) is 4.97. The number of aryl methyl sites for hydroxylation is 1. The first-order chi connectivity index (χ1) is 10.3. The highest BCUT2D eigenvalue weighted by Crippen LogP contribution is 2.30. The number of para-hydroxylation sites is 2. The van der Waals surface area contributed by atoms with E-state index < -0.39 is 0 Å². The van der Waals surface area contributed by atoms with Crippen molar-refractivity contribution in [2.45, 2.75) is 33.2 Å². The van der Waals surface area contributed by atoms with Gasteiger partial charge in [-0.15, -0.1) is 0 Å². The van der Waals surface area contributed by atoms with Gasteiger partial charge in [-0.05, 0) is 37.1 Å². The topological polar surface area (TPSA) is 21.3 Å². The van der Waals surface area contributed by atoms with E-state index >= 15 is 0 Å². The Morgan fingerprint density at radius 1 is 1.00 bits per heavy atom. The zero-order valence-corrected chi connectivity index (χ0v) is 12.7. The number of hydrogen-bond acceptors (Lipinski definition) is 2. The highest BCUT2D eigenvalue weighted by molar-refractivity contribution is 5.42. The van der Waals surface area contributed by atoms with Crippen molar-refractivity contribution in [1.82, 2.24) is 5.32 Å². The Kier molecular flexibility index (Phi) is 5.76. The number of rotatable bonds is 7. The smallest absolute Gasteiger partial charge is 0.167 e. The first-order valence-corrected chi connectivity index (χ1v) is 7.50. The summed E-state index contributed by atoms with van der Waals surface area (Å²) in [6.45, 7) is 5.68. The minimum atomic E-state index is -0.322. The molecule has 0 bridgehead atoms. The van der Waals surface area contributed by atoms with Crippen LogP contribution in [-0.2, 0) is 13.0 Å². The standard InChI is InChI=1S/C18H22FNO/c1-3-12-20-13-15-9-7-10-16(19)18(15)21-17-11-6-5-8-14(17)4-2/h5-11,20H,3-4,12-13H2,1-2H3. The molecule has 0 aliphatic rings. The Balaban J connectivity index is 2.25. The van der Waals surface area contributed by atoms with Gasteiger partial charge in [0.1, 0.15) is 5.75 Å². The molecule has 0 heterocycles. The maximum Gasteiger partial charge on any atom is 0.167 e. The zero-order valence-electron chi connectivity index (χ0n) is 12.7. The van der Waals surface area contributed by atoms with Gasteiger partial charge in [-0.2, -0.15) is 0 Å². The zero-order chi connectivity index (χ0) is 15.1. The summed E-state index contributed by atoms with van der Waals surface area (Å²) in [6, 6.07) is 12.8. The van der Waals surface area contributed by atoms with Crippen LogP contribution < -0.4 is 10.1 Å². The molecule has 112 valence electrons. The van der Waals surface area contributed by atoms with E-state index in [0.717, 1.165) is 36.3 Å². The molecule has 0 aromatic heterocycles. The van der Waals surface area contributed by atoms with Gasteiger partial charge in [0.15, 0.2) is 11.6 Å². The number of benzene rings is 2. The molecule has 0 fully saturated rings. The summed E-state index contributed by atoms with van der Waals surface area (Å²) in [5.74, 6) is 0.723. The monoisotopic (exact) mass is 287 g/mol. The van der Waals surface area contributed by atoms with Crippen LogP contribution in [0.3, 0.4) is 0 Å². The second-order valence-corrected chi connectivity index (χ2v) is 4.97. The summed E-state index contributed by atoms with van der Waals surface area (Å²) >= 11 is 0. The molecule has 2 rings (SSSR count). The maximum absolute atomic E-state index is 14.1. The van der Waals surface area contributed by atoms with Crippen LogP contribution >= 0.6 is 0 Å². The Morgan fingerprint density at radius 3 is 2.52 bits per heavy atom. The fourth-order valence-electron chi connectivity index (χ4n) is 2.21. The lowest BCUT2D eigenvalue weighted by Crippen LogP contribution is -2.14. The van der Waals surface area contributed by atoms with E-state index in [9.17, 15) is 4.39 Å². The molecule has 0 radical (unpaired) electrons. The van der Waals surface area contributed by atoms with Crippen molar-refractivity contribution in [1.29, 1.82) is 0 Å². The molecule has 2 nitrogen and oxygen atoms in total. The van der Waals surface area contributed by atoms with E-state index in [1.54, 1.807) is 6.07 Å². The van der Waals surface area contributed by atoms with Crippen LogP contribution in [0.15, 0.2) is 42.5 Å². The average Bonchev–Trinajstić information content (AvgIpc) is 2.51. The van der Waals surface area contributed by atoms with Gasteiger partial charge < -0.3 is 10.1 Å². The number of ether oxygens (including phenoxy) is 1. The third-order valence-corrected chi connectivity index (χ3v) is 3.36. The Bertz CT molecular complexity index is 583. The van der Waals surface area contributed by atoms with Gasteiger partial charge in [0, 0.05) is 12.1 Å². The van der Waals surface area contributed by atoms with E-state index in [4.69, 9.17) is 4.74 Å². The highest BCUT2D eigenvalue weighted by Gasteiger charge is 2.12. The van der Waals surface area contributed by atoms with Crippen LogP contribution in [0.1, 0.15) is 31.4 Å². The lowest BCUT2D eigenvalue weighted by atomic mass is 10.1. The molecule has 1 N–H and O–H groups in total. The van der Waals surface area contributed by atoms with E-state index in [2.05, 4.69) is 19.2 Å². The van der Waals surface area contributed by atoms with Gasteiger partial charge in [0.25, 0.3) is 0 Å². The molecular weight excluding hydrogens is 265 g/mol. The van der Waals surface area contributed by atoms with Crippen molar-refractivity contribution in [2.75, 3.05) is 6.54 Å². The van der Waals surface area contributed by atoms with Gasteiger partial charge in [-0.1, -0.05) is 44.2 Å². The summed E-state index contributed by atoms with van der Waals surface area (Å²) in [7, 11) is 0. The van der Waals surface area contributed by atoms with Crippen LogP contribution in [0.2, 0.25) is 0 Å². The molecule has 0 unspecified atom stereocenters. The third kappa shape index (κ3) is 4.05. The first-order valence-electron chi connectivity index (χ1n) is 7.50. The van der Waals surface area contributed by atoms with Crippen LogP contribution in [-0.4, -0.2) is 6.54 Å². The molecule has 0 atom stereocenters. The number of hydrogen-bond donors (Lipinski definition) is 1. The van der Waals surface area contributed by atoms with E-state index in [0.29, 0.717) is 12.3 Å². The van der Waals surface area contributed by atoms with Gasteiger partial charge in [-0.25, -0.2) is 4.39 Å². The van der Waals surface area contributed by atoms with Crippen molar-refractivity contribution in [3.05, 3.63) is 59.4 Å². The molecule has 0 saturated carbocycles. The Labute approximate surface area is 126 Å². The SMILES string of the molecule is CCCNCc1cccc(F)c1Oc1ccccc1CC. The fourth-order valence-corrected chi connectivity index (χ4v) is 2.21. The summed E-state index contributed by atoms with van der Waals surface area (Å²) in [5, 5.41) is 3.29. The molecule has 21 heavy (non-hydrogen) atoms. The summed E-state index contributed by atoms with van der Waals surface area (Å²) < 4.78 is 20.0. The lowest BCUT2D eigenvalue weighted by Gasteiger charge is -2.14. The first kappa shape index (κ1) is 15.5. The Hall–Kier alpha value is -1.87. The molecular formula is C18H22FNO. The number of halogens is 1. The third-order valence-electron chi connectivity index (χ3n) is 3.36. The predicted molar refractivity (Wildman–Crippen MR) is 84.3 cm³/mol. The van der Waals surface area contributed by atoms with Crippen molar-refractivity contribution in [3.8, 4) is 11.5 Å². The molecule has 0 spiro atoms. The van der Waals surface area contributed by atoms with Crippen LogP contribution in [0.25, 0.3) is 0 Å². The van der Waals surface area contributed by atoms with Gasteiger partial charge in [0.2, 0.25) is 0 Å². The molecule has 0 amide bonds. The summed E-state index contributed by atoms with van der Waals surface area (Å²) in [6.07, 6.45) is 1.90. The number of nitrogens with one attached hydrogen (secondary N) is 1. The molecule has 0 aliphatic heterocycles. The summed E-state index contributed by atoms with van der Waals surface area (Å²) in [4.78, 5) is 0. The normalized spacial score (nSPS) is 10.6. The molecule has 3 heteroatoms. The molecule has 2 aromatic rings.